The Kier molecular flexibility index (Phi) is 5.69. The Hall–Kier alpha value is -2.36. The van der Waals surface area contributed by atoms with Gasteiger partial charge in [0.05, 0.1) is 0 Å². The molecule has 0 saturated heterocycles. The predicted octanol–water partition coefficient (Wildman–Crippen LogP) is 4.91. The minimum Gasteiger partial charge on any atom is -0.388 e. The summed E-state index contributed by atoms with van der Waals surface area (Å²) in [6.45, 7) is 1.79. The number of benzene rings is 3. The highest BCUT2D eigenvalue weighted by Crippen LogP contribution is 2.40. The van der Waals surface area contributed by atoms with Crippen LogP contribution in [0.1, 0.15) is 27.0 Å². The van der Waals surface area contributed by atoms with Crippen LogP contribution in [0, 0.1) is 6.92 Å². The van der Waals surface area contributed by atoms with E-state index < -0.39 is 6.61 Å². The summed E-state index contributed by atoms with van der Waals surface area (Å²) in [5, 5.41) is 8.44. The lowest BCUT2D eigenvalue weighted by atomic mass is 10.00. The fourth-order valence-electron chi connectivity index (χ4n) is 2.77. The molecule has 126 valence electrons. The van der Waals surface area contributed by atoms with E-state index in [-0.39, 0.29) is 5.78 Å². The minimum atomic E-state index is -0.413. The molecule has 0 atom stereocenters. The summed E-state index contributed by atoms with van der Waals surface area (Å²) in [6.07, 6.45) is 1.09. The van der Waals surface area contributed by atoms with Crippen molar-refractivity contribution >= 4 is 17.5 Å². The van der Waals surface area contributed by atoms with Crippen LogP contribution in [0.4, 0.5) is 0 Å². The number of Topliss-reactive ketones (excluding diaryl/α,β-unsaturated/α-hetero) is 1. The number of carbonyl (C=O) groups excluding carboxylic acids is 1. The van der Waals surface area contributed by atoms with Gasteiger partial charge >= 0.3 is 0 Å². The lowest BCUT2D eigenvalue weighted by molar-refractivity contribution is 0.0904. The fraction of sp³-hybridized carbons (Fsp3) is 0.136. The molecule has 0 radical (unpaired) electrons. The van der Waals surface area contributed by atoms with Gasteiger partial charge in [0.1, 0.15) is 6.61 Å². The Morgan fingerprint density at radius 2 is 1.60 bits per heavy atom. The molecule has 1 aliphatic rings. The number of rotatable bonds is 2. The third-order valence-corrected chi connectivity index (χ3v) is 5.39. The molecule has 1 aliphatic heterocycles. The standard InChI is InChI=1S/C14H12S.C8H8O2/c1-10-5-4-8-14-12(10)9-11-6-2-3-7-13(11)15-14;9-6-8(10)7-4-2-1-3-5-7/h2-8H,9H2,1H3;1-5,9H,6H2. The quantitative estimate of drug-likeness (QED) is 0.523. The first-order chi connectivity index (χ1) is 12.2. The van der Waals surface area contributed by atoms with Gasteiger partial charge in [0.25, 0.3) is 0 Å². The van der Waals surface area contributed by atoms with Crippen molar-refractivity contribution in [1.82, 2.24) is 0 Å². The molecule has 1 heterocycles. The van der Waals surface area contributed by atoms with E-state index in [1.54, 1.807) is 24.3 Å². The lowest BCUT2D eigenvalue weighted by Gasteiger charge is -2.20. The average molecular weight is 348 g/mol. The van der Waals surface area contributed by atoms with Crippen LogP contribution in [-0.2, 0) is 6.42 Å². The van der Waals surface area contributed by atoms with Crippen LogP contribution >= 0.6 is 11.8 Å². The minimum absolute atomic E-state index is 0.236. The zero-order chi connectivity index (χ0) is 17.6. The van der Waals surface area contributed by atoms with Gasteiger partial charge in [-0.15, -0.1) is 0 Å². The van der Waals surface area contributed by atoms with Crippen molar-refractivity contribution < 1.29 is 9.90 Å². The van der Waals surface area contributed by atoms with Crippen molar-refractivity contribution in [2.45, 2.75) is 23.1 Å². The van der Waals surface area contributed by atoms with Gasteiger partial charge in [0.15, 0.2) is 5.78 Å². The molecule has 0 bridgehead atoms. The van der Waals surface area contributed by atoms with Crippen LogP contribution in [0.15, 0.2) is 82.6 Å². The molecule has 0 spiro atoms. The van der Waals surface area contributed by atoms with E-state index in [4.69, 9.17) is 5.11 Å². The second-order valence-electron chi connectivity index (χ2n) is 5.89. The maximum absolute atomic E-state index is 10.8. The van der Waals surface area contributed by atoms with Crippen molar-refractivity contribution in [2.75, 3.05) is 6.61 Å². The van der Waals surface area contributed by atoms with Crippen molar-refractivity contribution in [1.29, 1.82) is 0 Å². The largest absolute Gasteiger partial charge is 0.388 e. The highest BCUT2D eigenvalue weighted by Gasteiger charge is 2.16. The monoisotopic (exact) mass is 348 g/mol. The van der Waals surface area contributed by atoms with Gasteiger partial charge in [-0.05, 0) is 42.2 Å². The first-order valence-electron chi connectivity index (χ1n) is 8.22. The topological polar surface area (TPSA) is 37.3 Å². The molecule has 0 aliphatic carbocycles. The smallest absolute Gasteiger partial charge is 0.188 e. The zero-order valence-corrected chi connectivity index (χ0v) is 14.9. The van der Waals surface area contributed by atoms with Crippen LogP contribution in [0.2, 0.25) is 0 Å². The van der Waals surface area contributed by atoms with Crippen LogP contribution < -0.4 is 0 Å². The Bertz CT molecular complexity index is 872. The van der Waals surface area contributed by atoms with E-state index in [0.717, 1.165) is 6.42 Å². The van der Waals surface area contributed by atoms with E-state index in [2.05, 4.69) is 49.4 Å². The van der Waals surface area contributed by atoms with E-state index in [0.29, 0.717) is 5.56 Å². The highest BCUT2D eigenvalue weighted by atomic mass is 32.2. The van der Waals surface area contributed by atoms with Crippen LogP contribution in [0.25, 0.3) is 0 Å². The Balaban J connectivity index is 0.000000160. The van der Waals surface area contributed by atoms with Gasteiger partial charge in [-0.25, -0.2) is 0 Å². The number of carbonyl (C=O) groups is 1. The summed E-state index contributed by atoms with van der Waals surface area (Å²) < 4.78 is 0. The number of aliphatic hydroxyl groups excluding tert-OH is 1. The average Bonchev–Trinajstić information content (AvgIpc) is 2.67. The Morgan fingerprint density at radius 1 is 0.920 bits per heavy atom. The fourth-order valence-corrected chi connectivity index (χ4v) is 3.93. The highest BCUT2D eigenvalue weighted by molar-refractivity contribution is 7.99. The Labute approximate surface area is 152 Å². The van der Waals surface area contributed by atoms with E-state index >= 15 is 0 Å². The summed E-state index contributed by atoms with van der Waals surface area (Å²) >= 11 is 1.90. The van der Waals surface area contributed by atoms with Gasteiger partial charge in [-0.3, -0.25) is 4.79 Å². The Morgan fingerprint density at radius 3 is 2.36 bits per heavy atom. The first-order valence-corrected chi connectivity index (χ1v) is 9.04. The number of aryl methyl sites for hydroxylation is 1. The van der Waals surface area contributed by atoms with Crippen molar-refractivity contribution in [2.24, 2.45) is 0 Å². The van der Waals surface area contributed by atoms with Gasteiger partial charge in [0.2, 0.25) is 0 Å². The number of aliphatic hydroxyl groups is 1. The molecular formula is C22H20O2S. The van der Waals surface area contributed by atoms with Crippen LogP contribution in [0.5, 0.6) is 0 Å². The molecule has 1 N–H and O–H groups in total. The molecule has 0 amide bonds. The van der Waals surface area contributed by atoms with Crippen molar-refractivity contribution in [3.8, 4) is 0 Å². The molecular weight excluding hydrogens is 328 g/mol. The van der Waals surface area contributed by atoms with Crippen LogP contribution in [0.3, 0.4) is 0 Å². The maximum atomic E-state index is 10.8. The maximum Gasteiger partial charge on any atom is 0.188 e. The molecule has 0 saturated carbocycles. The molecule has 3 aromatic rings. The predicted molar refractivity (Wildman–Crippen MR) is 102 cm³/mol. The summed E-state index contributed by atoms with van der Waals surface area (Å²) in [4.78, 5) is 13.6. The summed E-state index contributed by atoms with van der Waals surface area (Å²) in [7, 11) is 0. The van der Waals surface area contributed by atoms with Gasteiger partial charge in [0, 0.05) is 15.4 Å². The second kappa shape index (κ2) is 8.15. The second-order valence-corrected chi connectivity index (χ2v) is 6.97. The molecule has 3 aromatic carbocycles. The molecule has 0 aromatic heterocycles. The number of ketones is 1. The summed E-state index contributed by atoms with van der Waals surface area (Å²) in [5.41, 5.74) is 4.94. The van der Waals surface area contributed by atoms with Gasteiger partial charge < -0.3 is 5.11 Å². The summed E-state index contributed by atoms with van der Waals surface area (Å²) in [5.74, 6) is -0.236. The first kappa shape index (κ1) is 17.5. The normalized spacial score (nSPS) is 11.6. The van der Waals surface area contributed by atoms with Gasteiger partial charge in [-0.1, -0.05) is 72.4 Å². The third kappa shape index (κ3) is 4.19. The molecule has 0 fully saturated rings. The lowest BCUT2D eigenvalue weighted by Crippen LogP contribution is -2.02. The molecule has 3 heteroatoms. The molecule has 25 heavy (non-hydrogen) atoms. The number of hydrogen-bond donors (Lipinski definition) is 1. The molecule has 2 nitrogen and oxygen atoms in total. The van der Waals surface area contributed by atoms with Crippen molar-refractivity contribution in [3.63, 3.8) is 0 Å². The zero-order valence-electron chi connectivity index (χ0n) is 14.1. The van der Waals surface area contributed by atoms with Crippen LogP contribution in [-0.4, -0.2) is 17.5 Å². The number of fused-ring (bicyclic) bond motifs is 2. The van der Waals surface area contributed by atoms with Crippen molar-refractivity contribution in [3.05, 3.63) is 95.1 Å². The molecule has 4 rings (SSSR count). The van der Waals surface area contributed by atoms with Gasteiger partial charge in [-0.2, -0.15) is 0 Å². The number of hydrogen-bond acceptors (Lipinski definition) is 3. The van der Waals surface area contributed by atoms with E-state index in [9.17, 15) is 4.79 Å². The molecule has 0 unspecified atom stereocenters. The van der Waals surface area contributed by atoms with E-state index in [1.807, 2.05) is 17.8 Å². The SMILES string of the molecule is Cc1cccc2c1Cc1ccccc1S2.O=C(CO)c1ccccc1. The third-order valence-electron chi connectivity index (χ3n) is 4.17. The summed E-state index contributed by atoms with van der Waals surface area (Å²) in [6, 6.07) is 24.0. The van der Waals surface area contributed by atoms with E-state index in [1.165, 1.54) is 26.5 Å².